The van der Waals surface area contributed by atoms with Crippen LogP contribution in [0, 0.1) is 5.82 Å². The van der Waals surface area contributed by atoms with Gasteiger partial charge in [0.15, 0.2) is 11.6 Å². The summed E-state index contributed by atoms with van der Waals surface area (Å²) in [5.74, 6) is -1.84. The van der Waals surface area contributed by atoms with Crippen molar-refractivity contribution in [2.24, 2.45) is 0 Å². The molecule has 2 N–H and O–H groups in total. The monoisotopic (exact) mass is 428 g/mol. The number of hydrogen-bond acceptors (Lipinski definition) is 7. The molecular formula is C20H21FN6O4. The molecule has 1 saturated carbocycles. The van der Waals surface area contributed by atoms with Gasteiger partial charge in [-0.05, 0) is 31.7 Å². The van der Waals surface area contributed by atoms with Crippen molar-refractivity contribution in [3.63, 3.8) is 0 Å². The second-order valence-electron chi connectivity index (χ2n) is 8.06. The molecule has 31 heavy (non-hydrogen) atoms. The third-order valence-electron chi connectivity index (χ3n) is 5.91. The van der Waals surface area contributed by atoms with Gasteiger partial charge in [0.1, 0.15) is 16.9 Å². The quantitative estimate of drug-likeness (QED) is 0.602. The van der Waals surface area contributed by atoms with Gasteiger partial charge in [0.05, 0.1) is 30.8 Å². The van der Waals surface area contributed by atoms with Crippen LogP contribution in [0.2, 0.25) is 0 Å². The molecule has 5 rings (SSSR count). The van der Waals surface area contributed by atoms with Gasteiger partial charge >= 0.3 is 5.97 Å². The molecule has 1 aliphatic carbocycles. The number of carboxylic acids is 1. The summed E-state index contributed by atoms with van der Waals surface area (Å²) in [5, 5.41) is 26.4. The van der Waals surface area contributed by atoms with Gasteiger partial charge in [0, 0.05) is 18.8 Å². The lowest BCUT2D eigenvalue weighted by molar-refractivity contribution is 0.0695. The van der Waals surface area contributed by atoms with E-state index in [1.165, 1.54) is 6.20 Å². The van der Waals surface area contributed by atoms with E-state index in [1.807, 2.05) is 4.90 Å². The molecule has 1 atom stereocenters. The Balaban J connectivity index is 1.57. The van der Waals surface area contributed by atoms with Crippen LogP contribution in [0.5, 0.6) is 0 Å². The fourth-order valence-corrected chi connectivity index (χ4v) is 4.24. The highest BCUT2D eigenvalue weighted by Gasteiger charge is 2.32. The second-order valence-corrected chi connectivity index (χ2v) is 8.06. The van der Waals surface area contributed by atoms with Gasteiger partial charge in [-0.1, -0.05) is 5.21 Å². The number of hydrogen-bond donors (Lipinski definition) is 2. The average Bonchev–Trinajstić information content (AvgIpc) is 3.32. The highest BCUT2D eigenvalue weighted by atomic mass is 19.1. The summed E-state index contributed by atoms with van der Waals surface area (Å²) in [6.45, 7) is 0.855. The molecule has 0 amide bonds. The van der Waals surface area contributed by atoms with E-state index in [0.717, 1.165) is 31.7 Å². The summed E-state index contributed by atoms with van der Waals surface area (Å²) in [6.07, 6.45) is 6.35. The Morgan fingerprint density at radius 1 is 1.26 bits per heavy atom. The van der Waals surface area contributed by atoms with Crippen LogP contribution < -0.4 is 10.3 Å². The lowest BCUT2D eigenvalue weighted by atomic mass is 10.1. The van der Waals surface area contributed by atoms with E-state index >= 15 is 4.39 Å². The third-order valence-corrected chi connectivity index (χ3v) is 5.91. The number of pyridine rings is 2. The predicted octanol–water partition coefficient (Wildman–Crippen LogP) is 1.32. The van der Waals surface area contributed by atoms with E-state index in [0.29, 0.717) is 24.4 Å². The summed E-state index contributed by atoms with van der Waals surface area (Å²) >= 11 is 0. The van der Waals surface area contributed by atoms with Gasteiger partial charge in [-0.2, -0.15) is 0 Å². The number of halogens is 1. The number of anilines is 1. The molecule has 0 aromatic carbocycles. The lowest BCUT2D eigenvalue weighted by Crippen LogP contribution is -2.34. The number of carbonyl (C=O) groups is 1. The SMILES string of the molecule is O=C(O)c1cn(C2CC2)c2nc(N3CCC[C@H]3Cn3cc(CO)nn3)c(F)cc2c1=O. The van der Waals surface area contributed by atoms with E-state index in [2.05, 4.69) is 15.3 Å². The number of aromatic carboxylic acids is 1. The number of fused-ring (bicyclic) bond motifs is 1. The molecule has 1 saturated heterocycles. The van der Waals surface area contributed by atoms with E-state index in [4.69, 9.17) is 0 Å². The number of carboxylic acid groups (broad SMARTS) is 1. The summed E-state index contributed by atoms with van der Waals surface area (Å²) in [5.41, 5.74) is -0.335. The predicted molar refractivity (Wildman–Crippen MR) is 108 cm³/mol. The molecule has 162 valence electrons. The van der Waals surface area contributed by atoms with Gasteiger partial charge in [-0.3, -0.25) is 9.48 Å². The molecule has 11 heteroatoms. The Morgan fingerprint density at radius 3 is 2.74 bits per heavy atom. The number of rotatable bonds is 6. The van der Waals surface area contributed by atoms with Crippen LogP contribution in [0.15, 0.2) is 23.3 Å². The minimum Gasteiger partial charge on any atom is -0.477 e. The largest absolute Gasteiger partial charge is 0.477 e. The van der Waals surface area contributed by atoms with Crippen molar-refractivity contribution in [2.45, 2.75) is 50.9 Å². The third kappa shape index (κ3) is 3.44. The number of nitrogens with zero attached hydrogens (tertiary/aromatic N) is 6. The molecule has 3 aromatic heterocycles. The Labute approximate surface area is 175 Å². The van der Waals surface area contributed by atoms with E-state index < -0.39 is 17.2 Å². The van der Waals surface area contributed by atoms with Gasteiger partial charge in [-0.15, -0.1) is 5.10 Å². The fraction of sp³-hybridized carbons (Fsp3) is 0.450. The summed E-state index contributed by atoms with van der Waals surface area (Å²) < 4.78 is 18.4. The van der Waals surface area contributed by atoms with Crippen molar-refractivity contribution < 1.29 is 19.4 Å². The van der Waals surface area contributed by atoms with Crippen LogP contribution in [0.4, 0.5) is 10.2 Å². The van der Waals surface area contributed by atoms with E-state index in [-0.39, 0.29) is 35.5 Å². The van der Waals surface area contributed by atoms with Gasteiger partial charge in [0.25, 0.3) is 0 Å². The van der Waals surface area contributed by atoms with Crippen LogP contribution >= 0.6 is 0 Å². The van der Waals surface area contributed by atoms with Crippen LogP contribution in [-0.2, 0) is 13.2 Å². The average molecular weight is 428 g/mol. The van der Waals surface area contributed by atoms with Crippen molar-refractivity contribution in [3.8, 4) is 0 Å². The number of aliphatic hydroxyl groups excluding tert-OH is 1. The maximum absolute atomic E-state index is 15.1. The molecular weight excluding hydrogens is 407 g/mol. The lowest BCUT2D eigenvalue weighted by Gasteiger charge is -2.26. The second kappa shape index (κ2) is 7.41. The maximum Gasteiger partial charge on any atom is 0.341 e. The molecule has 1 aliphatic heterocycles. The smallest absolute Gasteiger partial charge is 0.341 e. The first-order valence-corrected chi connectivity index (χ1v) is 10.2. The highest BCUT2D eigenvalue weighted by Crippen LogP contribution is 2.37. The van der Waals surface area contributed by atoms with Crippen molar-refractivity contribution >= 4 is 22.8 Å². The van der Waals surface area contributed by atoms with Crippen molar-refractivity contribution in [1.29, 1.82) is 0 Å². The van der Waals surface area contributed by atoms with Crippen molar-refractivity contribution in [2.75, 3.05) is 11.4 Å². The maximum atomic E-state index is 15.1. The van der Waals surface area contributed by atoms with Gasteiger partial charge in [-0.25, -0.2) is 14.2 Å². The molecule has 2 aliphatic rings. The first-order valence-electron chi connectivity index (χ1n) is 10.2. The highest BCUT2D eigenvalue weighted by molar-refractivity contribution is 5.92. The minimum atomic E-state index is -1.33. The molecule has 3 aromatic rings. The van der Waals surface area contributed by atoms with E-state index in [1.54, 1.807) is 15.4 Å². The number of aromatic nitrogens is 5. The first kappa shape index (κ1) is 19.6. The van der Waals surface area contributed by atoms with Gasteiger partial charge in [0.2, 0.25) is 5.43 Å². The van der Waals surface area contributed by atoms with Crippen molar-refractivity contribution in [1.82, 2.24) is 24.5 Å². The first-order chi connectivity index (χ1) is 15.0. The Bertz CT molecular complexity index is 1230. The number of aliphatic hydroxyl groups is 1. The summed E-state index contributed by atoms with van der Waals surface area (Å²) in [6, 6.07) is 1.10. The molecule has 2 fully saturated rings. The molecule has 4 heterocycles. The van der Waals surface area contributed by atoms with Gasteiger partial charge < -0.3 is 19.7 Å². The van der Waals surface area contributed by atoms with Crippen LogP contribution in [0.3, 0.4) is 0 Å². The normalized spacial score (nSPS) is 18.8. The minimum absolute atomic E-state index is 0.0207. The molecule has 0 spiro atoms. The summed E-state index contributed by atoms with van der Waals surface area (Å²) in [7, 11) is 0. The Kier molecular flexibility index (Phi) is 4.69. The van der Waals surface area contributed by atoms with Crippen LogP contribution in [0.25, 0.3) is 11.0 Å². The van der Waals surface area contributed by atoms with Crippen LogP contribution in [0.1, 0.15) is 47.8 Å². The topological polar surface area (TPSA) is 126 Å². The standard InChI is InChI=1S/C20H21FN6O4/c21-16-6-14-17(29)15(20(30)31)9-27(12-3-4-12)18(14)22-19(16)26-5-1-2-13(26)8-25-7-11(10-28)23-24-25/h6-7,9,12-13,28H,1-5,8,10H2,(H,30,31)/t13-/m0/s1. The fourth-order valence-electron chi connectivity index (χ4n) is 4.24. The Hall–Kier alpha value is -3.34. The zero-order chi connectivity index (χ0) is 21.7. The van der Waals surface area contributed by atoms with Crippen LogP contribution in [-0.4, -0.2) is 53.3 Å². The summed E-state index contributed by atoms with van der Waals surface area (Å²) in [4.78, 5) is 30.5. The zero-order valence-electron chi connectivity index (χ0n) is 16.6. The molecule has 0 bridgehead atoms. The Morgan fingerprint density at radius 2 is 2.06 bits per heavy atom. The molecule has 10 nitrogen and oxygen atoms in total. The molecule has 0 unspecified atom stereocenters. The zero-order valence-corrected chi connectivity index (χ0v) is 16.6. The van der Waals surface area contributed by atoms with Crippen molar-refractivity contribution in [3.05, 3.63) is 45.8 Å². The van der Waals surface area contributed by atoms with E-state index in [9.17, 15) is 19.8 Å². The molecule has 0 radical (unpaired) electrons.